The van der Waals surface area contributed by atoms with Crippen molar-refractivity contribution in [3.8, 4) is 0 Å². The molecule has 1 N–H and O–H groups in total. The van der Waals surface area contributed by atoms with E-state index in [-0.39, 0.29) is 0 Å². The third kappa shape index (κ3) is 2.12. The van der Waals surface area contributed by atoms with E-state index >= 15 is 0 Å². The monoisotopic (exact) mass is 222 g/mol. The molecular weight excluding hydrogens is 204 g/mol. The molecule has 1 aromatic heterocycles. The van der Waals surface area contributed by atoms with Crippen molar-refractivity contribution < 1.29 is 0 Å². The maximum absolute atomic E-state index is 5.33. The van der Waals surface area contributed by atoms with E-state index in [1.165, 1.54) is 36.9 Å². The SMILES string of the molecule is CCc1c(C)[nH]c(C2CCCC2)nc1=S. The predicted molar refractivity (Wildman–Crippen MR) is 64.7 cm³/mol. The van der Waals surface area contributed by atoms with Gasteiger partial charge in [-0.25, -0.2) is 4.98 Å². The fourth-order valence-corrected chi connectivity index (χ4v) is 2.84. The third-order valence-corrected chi connectivity index (χ3v) is 3.68. The van der Waals surface area contributed by atoms with Gasteiger partial charge in [-0.2, -0.15) is 0 Å². The minimum absolute atomic E-state index is 0.622. The van der Waals surface area contributed by atoms with Gasteiger partial charge in [-0.1, -0.05) is 32.0 Å². The molecule has 1 saturated carbocycles. The van der Waals surface area contributed by atoms with Gasteiger partial charge in [-0.15, -0.1) is 0 Å². The van der Waals surface area contributed by atoms with Gasteiger partial charge >= 0.3 is 0 Å². The van der Waals surface area contributed by atoms with Crippen LogP contribution in [0, 0.1) is 11.6 Å². The number of aromatic amines is 1. The quantitative estimate of drug-likeness (QED) is 0.773. The highest BCUT2D eigenvalue weighted by molar-refractivity contribution is 7.71. The molecule has 0 atom stereocenters. The summed E-state index contributed by atoms with van der Waals surface area (Å²) in [7, 11) is 0. The maximum atomic E-state index is 5.33. The van der Waals surface area contributed by atoms with Crippen molar-refractivity contribution in [3.63, 3.8) is 0 Å². The molecule has 0 bridgehead atoms. The van der Waals surface area contributed by atoms with Crippen molar-refractivity contribution in [2.75, 3.05) is 0 Å². The highest BCUT2D eigenvalue weighted by Crippen LogP contribution is 2.32. The Hall–Kier alpha value is -0.700. The lowest BCUT2D eigenvalue weighted by Crippen LogP contribution is -2.05. The first-order chi connectivity index (χ1) is 7.22. The van der Waals surface area contributed by atoms with Crippen molar-refractivity contribution in [1.29, 1.82) is 0 Å². The van der Waals surface area contributed by atoms with Crippen LogP contribution in [0.25, 0.3) is 0 Å². The summed E-state index contributed by atoms with van der Waals surface area (Å²) in [5.41, 5.74) is 2.41. The van der Waals surface area contributed by atoms with Crippen LogP contribution in [0.3, 0.4) is 0 Å². The van der Waals surface area contributed by atoms with Crippen LogP contribution in [-0.2, 0) is 6.42 Å². The minimum Gasteiger partial charge on any atom is -0.347 e. The van der Waals surface area contributed by atoms with Crippen LogP contribution in [0.2, 0.25) is 0 Å². The number of nitrogens with zero attached hydrogens (tertiary/aromatic N) is 1. The molecule has 1 aromatic rings. The summed E-state index contributed by atoms with van der Waals surface area (Å²) >= 11 is 5.33. The highest BCUT2D eigenvalue weighted by atomic mass is 32.1. The van der Waals surface area contributed by atoms with E-state index in [1.54, 1.807) is 0 Å². The second kappa shape index (κ2) is 4.44. The molecule has 82 valence electrons. The van der Waals surface area contributed by atoms with Crippen LogP contribution in [0.4, 0.5) is 0 Å². The Morgan fingerprint density at radius 1 is 1.40 bits per heavy atom. The summed E-state index contributed by atoms with van der Waals surface area (Å²) in [4.78, 5) is 7.98. The molecule has 0 saturated heterocycles. The standard InChI is InChI=1S/C12H18N2S/c1-3-10-8(2)13-11(14-12(10)15)9-6-4-5-7-9/h9H,3-7H2,1-2H3,(H,13,14,15). The normalized spacial score (nSPS) is 17.2. The van der Waals surface area contributed by atoms with Crippen molar-refractivity contribution >= 4 is 12.2 Å². The number of hydrogen-bond donors (Lipinski definition) is 1. The van der Waals surface area contributed by atoms with Crippen LogP contribution >= 0.6 is 12.2 Å². The zero-order valence-electron chi connectivity index (χ0n) is 9.47. The zero-order valence-corrected chi connectivity index (χ0v) is 10.3. The smallest absolute Gasteiger partial charge is 0.133 e. The van der Waals surface area contributed by atoms with Gasteiger partial charge in [0.1, 0.15) is 10.5 Å². The van der Waals surface area contributed by atoms with Crippen LogP contribution in [0.15, 0.2) is 0 Å². The van der Waals surface area contributed by atoms with Gasteiger partial charge < -0.3 is 4.98 Å². The van der Waals surface area contributed by atoms with Crippen molar-refractivity contribution in [2.45, 2.75) is 51.9 Å². The topological polar surface area (TPSA) is 28.7 Å². The summed E-state index contributed by atoms with van der Waals surface area (Å²) in [5.74, 6) is 1.74. The van der Waals surface area contributed by atoms with Crippen LogP contribution in [0.5, 0.6) is 0 Å². The number of nitrogens with one attached hydrogen (secondary N) is 1. The number of aryl methyl sites for hydroxylation is 1. The second-order valence-electron chi connectivity index (χ2n) is 4.37. The van der Waals surface area contributed by atoms with Gasteiger partial charge in [0.05, 0.1) is 0 Å². The van der Waals surface area contributed by atoms with Crippen LogP contribution in [0.1, 0.15) is 55.6 Å². The largest absolute Gasteiger partial charge is 0.347 e. The predicted octanol–water partition coefficient (Wildman–Crippen LogP) is 3.67. The van der Waals surface area contributed by atoms with Crippen molar-refractivity contribution in [3.05, 3.63) is 21.7 Å². The lowest BCUT2D eigenvalue weighted by Gasteiger charge is -2.11. The number of H-pyrrole nitrogens is 1. The molecule has 2 rings (SSSR count). The molecule has 1 aliphatic rings. The average Bonchev–Trinajstić information content (AvgIpc) is 2.69. The van der Waals surface area contributed by atoms with E-state index in [9.17, 15) is 0 Å². The van der Waals surface area contributed by atoms with Gasteiger partial charge in [0.2, 0.25) is 0 Å². The highest BCUT2D eigenvalue weighted by Gasteiger charge is 2.19. The second-order valence-corrected chi connectivity index (χ2v) is 4.75. The fourth-order valence-electron chi connectivity index (χ4n) is 2.44. The van der Waals surface area contributed by atoms with Crippen LogP contribution < -0.4 is 0 Å². The Labute approximate surface area is 96.1 Å². The van der Waals surface area contributed by atoms with Gasteiger partial charge in [-0.3, -0.25) is 0 Å². The molecule has 1 heterocycles. The molecule has 0 radical (unpaired) electrons. The van der Waals surface area contributed by atoms with Gasteiger partial charge in [-0.05, 0) is 26.2 Å². The summed E-state index contributed by atoms with van der Waals surface area (Å²) in [6.45, 7) is 4.23. The molecular formula is C12H18N2S. The van der Waals surface area contributed by atoms with Crippen molar-refractivity contribution in [1.82, 2.24) is 9.97 Å². The molecule has 0 amide bonds. The molecule has 0 aliphatic heterocycles. The van der Waals surface area contributed by atoms with E-state index in [0.29, 0.717) is 5.92 Å². The van der Waals surface area contributed by atoms with Gasteiger partial charge in [0.15, 0.2) is 0 Å². The molecule has 1 aliphatic carbocycles. The summed E-state index contributed by atoms with van der Waals surface area (Å²) in [6, 6.07) is 0. The molecule has 15 heavy (non-hydrogen) atoms. The molecule has 0 aromatic carbocycles. The maximum Gasteiger partial charge on any atom is 0.133 e. The Morgan fingerprint density at radius 3 is 2.60 bits per heavy atom. The molecule has 0 unspecified atom stereocenters. The Kier molecular flexibility index (Phi) is 3.19. The first-order valence-electron chi connectivity index (χ1n) is 5.82. The minimum atomic E-state index is 0.622. The van der Waals surface area contributed by atoms with E-state index in [1.807, 2.05) is 0 Å². The Bertz CT molecular complexity index is 403. The third-order valence-electron chi connectivity index (χ3n) is 3.34. The first kappa shape index (κ1) is 10.8. The Morgan fingerprint density at radius 2 is 2.07 bits per heavy atom. The molecule has 1 fully saturated rings. The lowest BCUT2D eigenvalue weighted by molar-refractivity contribution is 0.659. The van der Waals surface area contributed by atoms with E-state index in [2.05, 4.69) is 23.8 Å². The summed E-state index contributed by atoms with van der Waals surface area (Å²) < 4.78 is 0.802. The average molecular weight is 222 g/mol. The lowest BCUT2D eigenvalue weighted by atomic mass is 10.1. The summed E-state index contributed by atoms with van der Waals surface area (Å²) in [6.07, 6.45) is 6.18. The van der Waals surface area contributed by atoms with E-state index in [4.69, 9.17) is 12.2 Å². The number of hydrogen-bond acceptors (Lipinski definition) is 2. The molecule has 2 nitrogen and oxygen atoms in total. The number of rotatable bonds is 2. The zero-order chi connectivity index (χ0) is 10.8. The van der Waals surface area contributed by atoms with E-state index < -0.39 is 0 Å². The van der Waals surface area contributed by atoms with Gasteiger partial charge in [0, 0.05) is 17.2 Å². The molecule has 3 heteroatoms. The molecule has 0 spiro atoms. The van der Waals surface area contributed by atoms with E-state index in [0.717, 1.165) is 16.9 Å². The first-order valence-corrected chi connectivity index (χ1v) is 6.23. The fraction of sp³-hybridized carbons (Fsp3) is 0.667. The van der Waals surface area contributed by atoms with Gasteiger partial charge in [0.25, 0.3) is 0 Å². The Balaban J connectivity index is 2.38. The number of aromatic nitrogens is 2. The van der Waals surface area contributed by atoms with Crippen LogP contribution in [-0.4, -0.2) is 9.97 Å². The van der Waals surface area contributed by atoms with Crippen molar-refractivity contribution in [2.24, 2.45) is 0 Å². The summed E-state index contributed by atoms with van der Waals surface area (Å²) in [5, 5.41) is 0.